The van der Waals surface area contributed by atoms with E-state index in [0.29, 0.717) is 28.4 Å². The lowest BCUT2D eigenvalue weighted by Gasteiger charge is -2.24. The number of amides is 2. The molecule has 0 saturated carbocycles. The Morgan fingerprint density at radius 1 is 1.20 bits per heavy atom. The second-order valence-electron chi connectivity index (χ2n) is 7.29. The van der Waals surface area contributed by atoms with Crippen LogP contribution in [-0.4, -0.2) is 48.0 Å². The van der Waals surface area contributed by atoms with Crippen LogP contribution in [0.25, 0.3) is 0 Å². The van der Waals surface area contributed by atoms with Crippen molar-refractivity contribution in [2.45, 2.75) is 25.8 Å². The van der Waals surface area contributed by atoms with Crippen LogP contribution in [0.3, 0.4) is 0 Å². The van der Waals surface area contributed by atoms with Gasteiger partial charge in [0.05, 0.1) is 17.5 Å². The van der Waals surface area contributed by atoms with E-state index in [1.807, 2.05) is 31.3 Å². The highest BCUT2D eigenvalue weighted by Gasteiger charge is 2.35. The second kappa shape index (κ2) is 10.2. The minimum Gasteiger partial charge on any atom is -0.375 e. The molecule has 1 atom stereocenters. The number of carbonyl (C=O) groups is 2. The maximum Gasteiger partial charge on any atom is 0.255 e. The van der Waals surface area contributed by atoms with Crippen LogP contribution >= 0.6 is 11.8 Å². The summed E-state index contributed by atoms with van der Waals surface area (Å²) >= 11 is 1.57. The summed E-state index contributed by atoms with van der Waals surface area (Å²) in [5, 5.41) is 11.7. The van der Waals surface area contributed by atoms with Gasteiger partial charge in [-0.15, -0.1) is 11.8 Å². The van der Waals surface area contributed by atoms with E-state index in [1.165, 1.54) is 0 Å². The molecule has 1 unspecified atom stereocenters. The number of nitrogens with zero attached hydrogens (tertiary/aromatic N) is 3. The smallest absolute Gasteiger partial charge is 0.255 e. The Morgan fingerprint density at radius 2 is 1.90 bits per heavy atom. The van der Waals surface area contributed by atoms with Gasteiger partial charge < -0.3 is 15.1 Å². The molecule has 2 aromatic carbocycles. The highest BCUT2D eigenvalue weighted by Crippen LogP contribution is 2.25. The van der Waals surface area contributed by atoms with Crippen LogP contribution < -0.4 is 10.2 Å². The number of anilines is 2. The molecule has 0 spiro atoms. The molecule has 6 nitrogen and oxygen atoms in total. The SMILES string of the molecule is CCCCN(C)c1ccc(C(=O)N2CSCC2C(=O)Nc2ccc(C#N)cc2)cc1. The Bertz CT molecular complexity index is 922. The molecule has 0 aliphatic carbocycles. The van der Waals surface area contributed by atoms with Crippen molar-refractivity contribution in [3.63, 3.8) is 0 Å². The number of hydrogen-bond donors (Lipinski definition) is 1. The van der Waals surface area contributed by atoms with Crippen LogP contribution in [0.15, 0.2) is 48.5 Å². The molecule has 1 aliphatic rings. The van der Waals surface area contributed by atoms with Crippen molar-refractivity contribution >= 4 is 35.0 Å². The van der Waals surface area contributed by atoms with Gasteiger partial charge in [-0.2, -0.15) is 5.26 Å². The van der Waals surface area contributed by atoms with Crippen LogP contribution in [0.2, 0.25) is 0 Å². The van der Waals surface area contributed by atoms with Crippen LogP contribution in [0, 0.1) is 11.3 Å². The normalized spacial score (nSPS) is 15.5. The zero-order chi connectivity index (χ0) is 21.5. The molecule has 0 bridgehead atoms. The summed E-state index contributed by atoms with van der Waals surface area (Å²) in [6.07, 6.45) is 2.26. The number of unbranched alkanes of at least 4 members (excludes halogenated alkanes) is 1. The molecule has 1 aliphatic heterocycles. The molecule has 2 amide bonds. The second-order valence-corrected chi connectivity index (χ2v) is 8.29. The van der Waals surface area contributed by atoms with Gasteiger partial charge in [-0.05, 0) is 55.0 Å². The summed E-state index contributed by atoms with van der Waals surface area (Å²) in [5.74, 6) is 0.699. The summed E-state index contributed by atoms with van der Waals surface area (Å²) in [7, 11) is 2.05. The molecule has 156 valence electrons. The average Bonchev–Trinajstić information content (AvgIpc) is 3.27. The van der Waals surface area contributed by atoms with Gasteiger partial charge >= 0.3 is 0 Å². The number of hydrogen-bond acceptors (Lipinski definition) is 5. The Hall–Kier alpha value is -2.98. The first-order chi connectivity index (χ1) is 14.5. The van der Waals surface area contributed by atoms with Crippen LogP contribution in [0.5, 0.6) is 0 Å². The minimum atomic E-state index is -0.523. The van der Waals surface area contributed by atoms with Crippen molar-refractivity contribution < 1.29 is 9.59 Å². The van der Waals surface area contributed by atoms with Crippen LogP contribution in [-0.2, 0) is 4.79 Å². The lowest BCUT2D eigenvalue weighted by molar-refractivity contribution is -0.119. The zero-order valence-corrected chi connectivity index (χ0v) is 18.1. The van der Waals surface area contributed by atoms with Gasteiger partial charge in [0.25, 0.3) is 5.91 Å². The van der Waals surface area contributed by atoms with Gasteiger partial charge in [0.1, 0.15) is 6.04 Å². The highest BCUT2D eigenvalue weighted by atomic mass is 32.2. The van der Waals surface area contributed by atoms with Crippen molar-refractivity contribution in [1.29, 1.82) is 5.26 Å². The van der Waals surface area contributed by atoms with E-state index in [0.717, 1.165) is 25.1 Å². The van der Waals surface area contributed by atoms with Gasteiger partial charge in [0.2, 0.25) is 5.91 Å². The largest absolute Gasteiger partial charge is 0.375 e. The third-order valence-corrected chi connectivity index (χ3v) is 6.14. The van der Waals surface area contributed by atoms with Crippen molar-refractivity contribution in [2.24, 2.45) is 0 Å². The fourth-order valence-corrected chi connectivity index (χ4v) is 4.42. The molecule has 2 aromatic rings. The number of thioether (sulfide) groups is 1. The first-order valence-corrected chi connectivity index (χ1v) is 11.2. The van der Waals surface area contributed by atoms with Crippen LogP contribution in [0.1, 0.15) is 35.7 Å². The molecular weight excluding hydrogens is 396 g/mol. The van der Waals surface area contributed by atoms with Crippen molar-refractivity contribution in [2.75, 3.05) is 35.4 Å². The van der Waals surface area contributed by atoms with Gasteiger partial charge in [-0.25, -0.2) is 0 Å². The first-order valence-electron chi connectivity index (χ1n) is 10.0. The molecule has 30 heavy (non-hydrogen) atoms. The Morgan fingerprint density at radius 3 is 2.53 bits per heavy atom. The molecule has 0 aromatic heterocycles. The van der Waals surface area contributed by atoms with Crippen molar-refractivity contribution in [1.82, 2.24) is 4.90 Å². The summed E-state index contributed by atoms with van der Waals surface area (Å²) < 4.78 is 0. The summed E-state index contributed by atoms with van der Waals surface area (Å²) in [6, 6.07) is 15.8. The predicted octanol–water partition coefficient (Wildman–Crippen LogP) is 3.95. The van der Waals surface area contributed by atoms with E-state index in [2.05, 4.69) is 23.2 Å². The van der Waals surface area contributed by atoms with Gasteiger partial charge in [-0.3, -0.25) is 9.59 Å². The summed E-state index contributed by atoms with van der Waals surface area (Å²) in [4.78, 5) is 29.6. The summed E-state index contributed by atoms with van der Waals surface area (Å²) in [5.41, 5.74) is 2.81. The van der Waals surface area contributed by atoms with E-state index in [9.17, 15) is 9.59 Å². The minimum absolute atomic E-state index is 0.136. The number of benzene rings is 2. The number of nitrogens with one attached hydrogen (secondary N) is 1. The molecule has 7 heteroatoms. The summed E-state index contributed by atoms with van der Waals surface area (Å²) in [6.45, 7) is 3.14. The number of carbonyl (C=O) groups excluding carboxylic acids is 2. The monoisotopic (exact) mass is 422 g/mol. The van der Waals surface area contributed by atoms with Crippen LogP contribution in [0.4, 0.5) is 11.4 Å². The van der Waals surface area contributed by atoms with Crippen molar-refractivity contribution in [3.05, 3.63) is 59.7 Å². The maximum atomic E-state index is 13.0. The molecule has 1 N–H and O–H groups in total. The quantitative estimate of drug-likeness (QED) is 0.731. The Labute approximate surface area is 181 Å². The third kappa shape index (κ3) is 5.14. The van der Waals surface area contributed by atoms with E-state index in [-0.39, 0.29) is 11.8 Å². The zero-order valence-electron chi connectivity index (χ0n) is 17.3. The Kier molecular flexibility index (Phi) is 7.36. The van der Waals surface area contributed by atoms with Gasteiger partial charge in [-0.1, -0.05) is 13.3 Å². The topological polar surface area (TPSA) is 76.4 Å². The molecule has 3 rings (SSSR count). The maximum absolute atomic E-state index is 13.0. The molecule has 1 saturated heterocycles. The number of nitriles is 1. The average molecular weight is 423 g/mol. The van der Waals surface area contributed by atoms with E-state index < -0.39 is 6.04 Å². The standard InChI is InChI=1S/C23H26N4O2S/c1-3-4-13-26(2)20-11-7-18(8-12-20)23(29)27-16-30-15-21(27)22(28)25-19-9-5-17(14-24)6-10-19/h5-12,21H,3-4,13,15-16H2,1-2H3,(H,25,28). The lowest BCUT2D eigenvalue weighted by atomic mass is 10.1. The van der Waals surface area contributed by atoms with E-state index in [4.69, 9.17) is 5.26 Å². The fourth-order valence-electron chi connectivity index (χ4n) is 3.26. The predicted molar refractivity (Wildman–Crippen MR) is 122 cm³/mol. The molecule has 1 heterocycles. The van der Waals surface area contributed by atoms with E-state index in [1.54, 1.807) is 40.9 Å². The third-order valence-electron chi connectivity index (χ3n) is 5.13. The molecular formula is C23H26N4O2S. The Balaban J connectivity index is 1.66. The van der Waals surface area contributed by atoms with Gasteiger partial charge in [0, 0.05) is 36.3 Å². The molecule has 0 radical (unpaired) electrons. The number of rotatable bonds is 7. The van der Waals surface area contributed by atoms with Gasteiger partial charge in [0.15, 0.2) is 0 Å². The molecule has 1 fully saturated rings. The highest BCUT2D eigenvalue weighted by molar-refractivity contribution is 7.99. The van der Waals surface area contributed by atoms with Crippen molar-refractivity contribution in [3.8, 4) is 6.07 Å². The lowest BCUT2D eigenvalue weighted by Crippen LogP contribution is -2.44. The fraction of sp³-hybridized carbons (Fsp3) is 0.348. The first kappa shape index (κ1) is 21.7. The van der Waals surface area contributed by atoms with E-state index >= 15 is 0 Å².